The van der Waals surface area contributed by atoms with E-state index < -0.39 is 28.1 Å². The van der Waals surface area contributed by atoms with Crippen LogP contribution in [-0.4, -0.2) is 69.1 Å². The van der Waals surface area contributed by atoms with Gasteiger partial charge in [0.25, 0.3) is 0 Å². The third kappa shape index (κ3) is 5.31. The van der Waals surface area contributed by atoms with Crippen LogP contribution < -0.4 is 15.4 Å². The summed E-state index contributed by atoms with van der Waals surface area (Å²) >= 11 is 0. The standard InChI is InChI=1S/C24H28N4O6S/c1-16-13-18(7-8-21(16)33-2)35(31,32)28-11-12-34-22(28)15-27-24(30)23(29)25-10-9-17-14-26-20-6-4-3-5-19(17)20/h3-8,13-14,22,26H,9-12,15H2,1-2H3,(H,25,29)(H,27,30)/t22-/m0/s1. The van der Waals surface area contributed by atoms with Gasteiger partial charge in [-0.15, -0.1) is 0 Å². The normalized spacial score (nSPS) is 16.3. The molecule has 2 heterocycles. The summed E-state index contributed by atoms with van der Waals surface area (Å²) in [6.45, 7) is 2.22. The van der Waals surface area contributed by atoms with E-state index in [1.165, 1.54) is 23.5 Å². The maximum atomic E-state index is 13.1. The highest BCUT2D eigenvalue weighted by Gasteiger charge is 2.37. The van der Waals surface area contributed by atoms with Gasteiger partial charge in [0.1, 0.15) is 12.0 Å². The number of aromatic amines is 1. The highest BCUT2D eigenvalue weighted by atomic mass is 32.2. The molecule has 35 heavy (non-hydrogen) atoms. The predicted molar refractivity (Wildman–Crippen MR) is 129 cm³/mol. The van der Waals surface area contributed by atoms with Crippen LogP contribution in [0.4, 0.5) is 0 Å². The molecule has 2 amide bonds. The number of ether oxygens (including phenoxy) is 2. The molecule has 1 aliphatic heterocycles. The zero-order valence-corrected chi connectivity index (χ0v) is 20.4. The van der Waals surface area contributed by atoms with Crippen molar-refractivity contribution in [1.29, 1.82) is 0 Å². The van der Waals surface area contributed by atoms with E-state index in [2.05, 4.69) is 15.6 Å². The van der Waals surface area contributed by atoms with Gasteiger partial charge in [-0.3, -0.25) is 9.59 Å². The van der Waals surface area contributed by atoms with Crippen molar-refractivity contribution in [2.45, 2.75) is 24.5 Å². The van der Waals surface area contributed by atoms with Gasteiger partial charge in [0, 0.05) is 30.2 Å². The summed E-state index contributed by atoms with van der Waals surface area (Å²) in [5.74, 6) is -1.05. The highest BCUT2D eigenvalue weighted by molar-refractivity contribution is 7.89. The fraction of sp³-hybridized carbons (Fsp3) is 0.333. The Morgan fingerprint density at radius 3 is 2.71 bits per heavy atom. The van der Waals surface area contributed by atoms with Crippen molar-refractivity contribution in [2.75, 3.05) is 33.4 Å². The first-order valence-corrected chi connectivity index (χ1v) is 12.6. The number of aryl methyl sites for hydroxylation is 1. The minimum Gasteiger partial charge on any atom is -0.496 e. The molecule has 186 valence electrons. The van der Waals surface area contributed by atoms with Gasteiger partial charge in [-0.1, -0.05) is 18.2 Å². The lowest BCUT2D eigenvalue weighted by molar-refractivity contribution is -0.139. The molecule has 0 bridgehead atoms. The average Bonchev–Trinajstić information content (AvgIpc) is 3.50. The molecule has 0 aliphatic carbocycles. The van der Waals surface area contributed by atoms with Crippen molar-refractivity contribution in [3.05, 3.63) is 59.8 Å². The summed E-state index contributed by atoms with van der Waals surface area (Å²) in [7, 11) is -2.35. The monoisotopic (exact) mass is 500 g/mol. The fourth-order valence-corrected chi connectivity index (χ4v) is 5.67. The van der Waals surface area contributed by atoms with Crippen molar-refractivity contribution in [3.63, 3.8) is 0 Å². The van der Waals surface area contributed by atoms with Crippen LogP contribution in [0.1, 0.15) is 11.1 Å². The van der Waals surface area contributed by atoms with E-state index in [-0.39, 0.29) is 31.1 Å². The third-order valence-electron chi connectivity index (χ3n) is 5.91. The molecule has 0 spiro atoms. The molecular formula is C24H28N4O6S. The number of amides is 2. The Labute approximate surface area is 203 Å². The second-order valence-corrected chi connectivity index (χ2v) is 10.0. The van der Waals surface area contributed by atoms with Crippen molar-refractivity contribution < 1.29 is 27.5 Å². The summed E-state index contributed by atoms with van der Waals surface area (Å²) in [6, 6.07) is 12.4. The van der Waals surface area contributed by atoms with Gasteiger partial charge < -0.3 is 25.1 Å². The van der Waals surface area contributed by atoms with E-state index in [0.29, 0.717) is 17.7 Å². The maximum Gasteiger partial charge on any atom is 0.309 e. The second-order valence-electron chi connectivity index (χ2n) is 8.15. The second kappa shape index (κ2) is 10.5. The Morgan fingerprint density at radius 2 is 1.94 bits per heavy atom. The number of nitrogens with one attached hydrogen (secondary N) is 3. The van der Waals surface area contributed by atoms with Gasteiger partial charge in [-0.25, -0.2) is 8.42 Å². The van der Waals surface area contributed by atoms with Gasteiger partial charge in [0.2, 0.25) is 10.0 Å². The molecule has 1 aromatic heterocycles. The van der Waals surface area contributed by atoms with Crippen molar-refractivity contribution in [2.24, 2.45) is 0 Å². The Bertz CT molecular complexity index is 1340. The van der Waals surface area contributed by atoms with Crippen LogP contribution in [0, 0.1) is 6.92 Å². The molecule has 1 saturated heterocycles. The lowest BCUT2D eigenvalue weighted by atomic mass is 10.1. The number of carbonyl (C=O) groups is 2. The van der Waals surface area contributed by atoms with Gasteiger partial charge >= 0.3 is 11.8 Å². The molecule has 2 aromatic carbocycles. The van der Waals surface area contributed by atoms with Crippen molar-refractivity contribution >= 4 is 32.7 Å². The van der Waals surface area contributed by atoms with Crippen LogP contribution in [0.15, 0.2) is 53.6 Å². The number of hydrogen-bond donors (Lipinski definition) is 3. The Kier molecular flexibility index (Phi) is 7.39. The number of benzene rings is 2. The van der Waals surface area contributed by atoms with E-state index in [4.69, 9.17) is 9.47 Å². The molecule has 1 fully saturated rings. The van der Waals surface area contributed by atoms with E-state index in [1.807, 2.05) is 30.5 Å². The molecule has 3 N–H and O–H groups in total. The molecule has 1 atom stereocenters. The van der Waals surface area contributed by atoms with Crippen LogP contribution in [0.3, 0.4) is 0 Å². The summed E-state index contributed by atoms with van der Waals surface area (Å²) in [4.78, 5) is 27.8. The lowest BCUT2D eigenvalue weighted by Gasteiger charge is -2.23. The number of methoxy groups -OCH3 is 1. The van der Waals surface area contributed by atoms with Crippen LogP contribution in [-0.2, 0) is 30.8 Å². The molecule has 10 nitrogen and oxygen atoms in total. The number of fused-ring (bicyclic) bond motifs is 1. The lowest BCUT2D eigenvalue weighted by Crippen LogP contribution is -2.47. The smallest absolute Gasteiger partial charge is 0.309 e. The quantitative estimate of drug-likeness (QED) is 0.400. The topological polar surface area (TPSA) is 130 Å². The van der Waals surface area contributed by atoms with Crippen LogP contribution in [0.2, 0.25) is 0 Å². The molecule has 11 heteroatoms. The SMILES string of the molecule is COc1ccc(S(=O)(=O)N2CCO[C@H]2CNC(=O)C(=O)NCCc2c[nH]c3ccccc23)cc1C. The fourth-order valence-electron chi connectivity index (χ4n) is 4.08. The summed E-state index contributed by atoms with van der Waals surface area (Å²) in [5, 5.41) is 6.14. The molecular weight excluding hydrogens is 472 g/mol. The number of rotatable bonds is 8. The number of nitrogens with zero attached hydrogens (tertiary/aromatic N) is 1. The van der Waals surface area contributed by atoms with Crippen LogP contribution in [0.25, 0.3) is 10.9 Å². The number of H-pyrrole nitrogens is 1. The summed E-state index contributed by atoms with van der Waals surface area (Å²) < 4.78 is 38.2. The van der Waals surface area contributed by atoms with Gasteiger partial charge in [-0.2, -0.15) is 4.31 Å². The van der Waals surface area contributed by atoms with E-state index in [1.54, 1.807) is 13.0 Å². The van der Waals surface area contributed by atoms with E-state index in [0.717, 1.165) is 16.5 Å². The largest absolute Gasteiger partial charge is 0.496 e. The number of sulfonamides is 1. The number of aromatic nitrogens is 1. The van der Waals surface area contributed by atoms with Crippen LogP contribution in [0.5, 0.6) is 5.75 Å². The first-order chi connectivity index (χ1) is 16.8. The number of para-hydroxylation sites is 1. The highest BCUT2D eigenvalue weighted by Crippen LogP contribution is 2.26. The average molecular weight is 501 g/mol. The molecule has 0 radical (unpaired) electrons. The molecule has 4 rings (SSSR count). The summed E-state index contributed by atoms with van der Waals surface area (Å²) in [5.41, 5.74) is 2.73. The maximum absolute atomic E-state index is 13.1. The zero-order chi connectivity index (χ0) is 25.0. The van der Waals surface area contributed by atoms with E-state index in [9.17, 15) is 18.0 Å². The zero-order valence-electron chi connectivity index (χ0n) is 19.5. The first kappa shape index (κ1) is 24.7. The van der Waals surface area contributed by atoms with Crippen molar-refractivity contribution in [3.8, 4) is 5.75 Å². The first-order valence-electron chi connectivity index (χ1n) is 11.2. The number of carbonyl (C=O) groups excluding carboxylic acids is 2. The van der Waals surface area contributed by atoms with Crippen LogP contribution >= 0.6 is 0 Å². The predicted octanol–water partition coefficient (Wildman–Crippen LogP) is 1.31. The third-order valence-corrected chi connectivity index (χ3v) is 7.80. The van der Waals surface area contributed by atoms with E-state index >= 15 is 0 Å². The Hall–Kier alpha value is -3.41. The molecule has 1 aliphatic rings. The molecule has 3 aromatic rings. The van der Waals surface area contributed by atoms with Gasteiger partial charge in [-0.05, 0) is 48.7 Å². The molecule has 0 unspecified atom stereocenters. The minimum atomic E-state index is -3.86. The van der Waals surface area contributed by atoms with Gasteiger partial charge in [0.05, 0.1) is 25.2 Å². The Morgan fingerprint density at radius 1 is 1.17 bits per heavy atom. The molecule has 0 saturated carbocycles. The van der Waals surface area contributed by atoms with Crippen molar-refractivity contribution in [1.82, 2.24) is 19.9 Å². The van der Waals surface area contributed by atoms with Gasteiger partial charge in [0.15, 0.2) is 0 Å². The summed E-state index contributed by atoms with van der Waals surface area (Å²) in [6.07, 6.45) is 1.53. The Balaban J connectivity index is 1.30. The minimum absolute atomic E-state index is 0.104. The number of hydrogen-bond acceptors (Lipinski definition) is 6.